The third-order valence-electron chi connectivity index (χ3n) is 9.72. The SMILES string of the molecule is CC(C)CC(=O)C1(C(=O)C[C@@H](CCCNC(N)=O)C(=O)NC(C)C)CCC1.CC(C)CC(=O)[C@H](CCCNC(N)=O)n1cc([C@@H](NC(=O)C(C)C)C(C)C)nn1. The van der Waals surface area contributed by atoms with Gasteiger partial charge in [-0.15, -0.1) is 5.10 Å². The fraction of sp³-hybridized carbons (Fsp3) is 0.775. The van der Waals surface area contributed by atoms with E-state index >= 15 is 0 Å². The molecule has 0 aromatic carbocycles. The lowest BCUT2D eigenvalue weighted by atomic mass is 9.60. The number of amides is 6. The molecule has 8 N–H and O–H groups in total. The molecule has 1 aliphatic rings. The van der Waals surface area contributed by atoms with E-state index in [1.54, 1.807) is 10.9 Å². The van der Waals surface area contributed by atoms with Gasteiger partial charge in [-0.1, -0.05) is 67.0 Å². The monoisotopic (exact) mass is 790 g/mol. The Morgan fingerprint density at radius 2 is 1.27 bits per heavy atom. The van der Waals surface area contributed by atoms with Gasteiger partial charge in [0.05, 0.1) is 17.7 Å². The highest BCUT2D eigenvalue weighted by Gasteiger charge is 2.50. The van der Waals surface area contributed by atoms with Crippen LogP contribution in [0.25, 0.3) is 0 Å². The maximum Gasteiger partial charge on any atom is 0.312 e. The molecule has 16 heteroatoms. The van der Waals surface area contributed by atoms with Gasteiger partial charge in [-0.2, -0.15) is 0 Å². The molecule has 0 aliphatic heterocycles. The topological polar surface area (TPSA) is 250 Å². The molecule has 318 valence electrons. The van der Waals surface area contributed by atoms with Crippen molar-refractivity contribution < 1.29 is 33.6 Å². The fourth-order valence-electron chi connectivity index (χ4n) is 6.49. The molecule has 0 unspecified atom stereocenters. The number of urea groups is 2. The van der Waals surface area contributed by atoms with Gasteiger partial charge in [0.2, 0.25) is 11.8 Å². The molecule has 1 heterocycles. The third kappa shape index (κ3) is 17.2. The summed E-state index contributed by atoms with van der Waals surface area (Å²) in [5.74, 6) is -0.323. The van der Waals surface area contributed by atoms with E-state index in [0.29, 0.717) is 70.2 Å². The van der Waals surface area contributed by atoms with E-state index in [1.165, 1.54) is 0 Å². The maximum atomic E-state index is 13.0. The summed E-state index contributed by atoms with van der Waals surface area (Å²) >= 11 is 0. The number of hydrogen-bond acceptors (Lipinski definition) is 9. The minimum atomic E-state index is -0.883. The number of nitrogens with zero attached hydrogens (tertiary/aromatic N) is 3. The minimum Gasteiger partial charge on any atom is -0.354 e. The van der Waals surface area contributed by atoms with Crippen molar-refractivity contribution in [2.24, 2.45) is 46.5 Å². The number of hydrogen-bond donors (Lipinski definition) is 6. The first-order valence-electron chi connectivity index (χ1n) is 20.3. The molecular formula is C40H71N9O7. The zero-order valence-electron chi connectivity index (χ0n) is 35.5. The summed E-state index contributed by atoms with van der Waals surface area (Å²) in [5.41, 5.74) is 9.89. The van der Waals surface area contributed by atoms with Crippen molar-refractivity contribution in [2.45, 2.75) is 152 Å². The largest absolute Gasteiger partial charge is 0.354 e. The molecule has 16 nitrogen and oxygen atoms in total. The smallest absolute Gasteiger partial charge is 0.312 e. The van der Waals surface area contributed by atoms with Crippen LogP contribution in [0.5, 0.6) is 0 Å². The molecule has 3 atom stereocenters. The van der Waals surface area contributed by atoms with Gasteiger partial charge in [-0.25, -0.2) is 14.3 Å². The molecule has 1 aromatic heterocycles. The summed E-state index contributed by atoms with van der Waals surface area (Å²) < 4.78 is 1.58. The number of Topliss-reactive ketones (excluding diaryl/α,β-unsaturated/α-hetero) is 3. The standard InChI is InChI=1S/C20H36N6O3.C20H35N3O4/c1-12(2)10-17(27)16(8-7-9-22-20(21)29)26-11-15(24-25-26)18(13(3)4)23-19(28)14(5)6;1-13(2)11-16(24)20(8-6-9-20)17(25)12-15(18(26)23-14(3)4)7-5-10-22-19(21)27/h11-14,16,18H,7-10H2,1-6H3,(H,23,28)(H3,21,22,29);13-15H,5-12H2,1-4H3,(H,23,26)(H3,21,22,27)/t16-,18-;15-/m01/s1. The molecule has 1 saturated carbocycles. The van der Waals surface area contributed by atoms with Gasteiger partial charge >= 0.3 is 12.1 Å². The predicted octanol–water partition coefficient (Wildman–Crippen LogP) is 4.67. The van der Waals surface area contributed by atoms with Gasteiger partial charge in [-0.05, 0) is 70.1 Å². The molecule has 1 aromatic rings. The van der Waals surface area contributed by atoms with Crippen molar-refractivity contribution in [1.29, 1.82) is 0 Å². The second-order valence-electron chi connectivity index (χ2n) is 16.9. The molecule has 0 radical (unpaired) electrons. The van der Waals surface area contributed by atoms with E-state index in [2.05, 4.69) is 31.6 Å². The number of rotatable bonds is 24. The van der Waals surface area contributed by atoms with E-state index in [0.717, 1.165) is 6.42 Å². The van der Waals surface area contributed by atoms with Crippen LogP contribution in [0, 0.1) is 35.0 Å². The number of aromatic nitrogens is 3. The predicted molar refractivity (Wildman–Crippen MR) is 215 cm³/mol. The van der Waals surface area contributed by atoms with Crippen LogP contribution in [0.4, 0.5) is 9.59 Å². The zero-order valence-corrected chi connectivity index (χ0v) is 35.5. The molecule has 1 fully saturated rings. The van der Waals surface area contributed by atoms with Gasteiger partial charge in [-0.3, -0.25) is 24.0 Å². The minimum absolute atomic E-state index is 0.0205. The lowest BCUT2D eigenvalue weighted by Crippen LogP contribution is -2.47. The summed E-state index contributed by atoms with van der Waals surface area (Å²) in [7, 11) is 0. The first kappa shape index (κ1) is 49.6. The van der Waals surface area contributed by atoms with E-state index in [-0.39, 0.29) is 71.3 Å². The Bertz CT molecular complexity index is 1450. The normalized spacial score (nSPS) is 15.0. The van der Waals surface area contributed by atoms with Crippen molar-refractivity contribution >= 4 is 41.2 Å². The van der Waals surface area contributed by atoms with Crippen LogP contribution in [0.3, 0.4) is 0 Å². The molecule has 6 amide bonds. The van der Waals surface area contributed by atoms with E-state index in [9.17, 15) is 33.6 Å². The van der Waals surface area contributed by atoms with Crippen molar-refractivity contribution in [2.75, 3.05) is 13.1 Å². The lowest BCUT2D eigenvalue weighted by Gasteiger charge is -2.40. The quantitative estimate of drug-likeness (QED) is 0.0628. The number of nitrogens with one attached hydrogen (secondary N) is 4. The summed E-state index contributed by atoms with van der Waals surface area (Å²) in [6.45, 7) is 20.1. The Morgan fingerprint density at radius 1 is 0.732 bits per heavy atom. The molecular weight excluding hydrogens is 718 g/mol. The van der Waals surface area contributed by atoms with Crippen molar-refractivity contribution in [3.05, 3.63) is 11.9 Å². The van der Waals surface area contributed by atoms with Crippen LogP contribution in [0.1, 0.15) is 151 Å². The molecule has 2 rings (SSSR count). The van der Waals surface area contributed by atoms with Crippen LogP contribution in [-0.4, -0.2) is 75.4 Å². The Balaban J connectivity index is 0.000000561. The zero-order chi connectivity index (χ0) is 42.7. The summed E-state index contributed by atoms with van der Waals surface area (Å²) in [5, 5.41) is 19.3. The Hall–Kier alpha value is -4.37. The first-order valence-corrected chi connectivity index (χ1v) is 20.3. The average Bonchev–Trinajstić information content (AvgIpc) is 3.52. The van der Waals surface area contributed by atoms with E-state index < -0.39 is 29.4 Å². The summed E-state index contributed by atoms with van der Waals surface area (Å²) in [4.78, 5) is 84.8. The van der Waals surface area contributed by atoms with Gasteiger partial charge in [0.1, 0.15) is 23.3 Å². The van der Waals surface area contributed by atoms with Crippen LogP contribution in [-0.2, 0) is 24.0 Å². The Kier molecular flexibility index (Phi) is 21.5. The van der Waals surface area contributed by atoms with Crippen molar-refractivity contribution in [3.8, 4) is 0 Å². The van der Waals surface area contributed by atoms with Crippen LogP contribution in [0.2, 0.25) is 0 Å². The number of carbonyl (C=O) groups excluding carboxylic acids is 7. The van der Waals surface area contributed by atoms with Crippen LogP contribution < -0.4 is 32.7 Å². The van der Waals surface area contributed by atoms with Crippen molar-refractivity contribution in [1.82, 2.24) is 36.3 Å². The first-order chi connectivity index (χ1) is 26.1. The fourth-order valence-corrected chi connectivity index (χ4v) is 6.49. The van der Waals surface area contributed by atoms with E-state index in [1.807, 2.05) is 69.2 Å². The van der Waals surface area contributed by atoms with Crippen LogP contribution in [0.15, 0.2) is 6.20 Å². The van der Waals surface area contributed by atoms with E-state index in [4.69, 9.17) is 11.5 Å². The lowest BCUT2D eigenvalue weighted by molar-refractivity contribution is -0.149. The second kappa shape index (κ2) is 24.3. The number of nitrogens with two attached hydrogens (primary N) is 2. The Labute approximate surface area is 333 Å². The number of primary amides is 2. The van der Waals surface area contributed by atoms with Gasteiger partial charge in [0.25, 0.3) is 0 Å². The molecule has 56 heavy (non-hydrogen) atoms. The summed E-state index contributed by atoms with van der Waals surface area (Å²) in [6.07, 6.45) is 6.81. The molecule has 0 spiro atoms. The summed E-state index contributed by atoms with van der Waals surface area (Å²) in [6, 6.07) is -1.97. The third-order valence-corrected chi connectivity index (χ3v) is 9.72. The van der Waals surface area contributed by atoms with Gasteiger partial charge < -0.3 is 32.7 Å². The number of ketones is 3. The van der Waals surface area contributed by atoms with Crippen LogP contribution >= 0.6 is 0 Å². The number of carbonyl (C=O) groups is 7. The Morgan fingerprint density at radius 3 is 1.71 bits per heavy atom. The molecule has 1 aliphatic carbocycles. The highest BCUT2D eigenvalue weighted by molar-refractivity contribution is 6.08. The van der Waals surface area contributed by atoms with Crippen molar-refractivity contribution in [3.63, 3.8) is 0 Å². The highest BCUT2D eigenvalue weighted by Crippen LogP contribution is 2.45. The molecule has 0 saturated heterocycles. The average molecular weight is 790 g/mol. The second-order valence-corrected chi connectivity index (χ2v) is 16.9. The van der Waals surface area contributed by atoms with Gasteiger partial charge in [0.15, 0.2) is 5.78 Å². The highest BCUT2D eigenvalue weighted by atomic mass is 16.2. The molecule has 0 bridgehead atoms. The maximum absolute atomic E-state index is 13.0. The van der Waals surface area contributed by atoms with Gasteiger partial charge in [0, 0.05) is 50.2 Å².